The number of aromatic nitrogens is 1. The molecule has 1 aromatic rings. The lowest BCUT2D eigenvalue weighted by Gasteiger charge is -2.14. The molecule has 82 valence electrons. The second-order valence-electron chi connectivity index (χ2n) is 4.31. The summed E-state index contributed by atoms with van der Waals surface area (Å²) in [5.74, 6) is 0.741. The molecular formula is C11H16ClN3. The first-order valence-electron chi connectivity index (χ1n) is 5.30. The maximum atomic E-state index is 6.02. The largest absolute Gasteiger partial charge is 0.397 e. The number of nitrogens with two attached hydrogens (primary N) is 1. The van der Waals surface area contributed by atoms with Gasteiger partial charge in [0.15, 0.2) is 0 Å². The second-order valence-corrected chi connectivity index (χ2v) is 4.71. The van der Waals surface area contributed by atoms with Crippen LogP contribution in [0.15, 0.2) is 12.3 Å². The quantitative estimate of drug-likeness (QED) is 0.829. The van der Waals surface area contributed by atoms with Crippen molar-refractivity contribution in [2.45, 2.75) is 26.2 Å². The minimum atomic E-state index is 0.492. The van der Waals surface area contributed by atoms with Crippen molar-refractivity contribution in [1.82, 2.24) is 4.98 Å². The summed E-state index contributed by atoms with van der Waals surface area (Å²) >= 11 is 6.02. The molecule has 3 nitrogen and oxygen atoms in total. The van der Waals surface area contributed by atoms with Crippen LogP contribution >= 0.6 is 11.6 Å². The zero-order valence-electron chi connectivity index (χ0n) is 8.89. The fourth-order valence-corrected chi connectivity index (χ4v) is 1.93. The van der Waals surface area contributed by atoms with Gasteiger partial charge in [0, 0.05) is 6.54 Å². The zero-order valence-corrected chi connectivity index (χ0v) is 9.64. The summed E-state index contributed by atoms with van der Waals surface area (Å²) in [7, 11) is 0. The number of hydrogen-bond acceptors (Lipinski definition) is 3. The summed E-state index contributed by atoms with van der Waals surface area (Å²) in [6.07, 6.45) is 5.46. The van der Waals surface area contributed by atoms with Crippen molar-refractivity contribution in [1.29, 1.82) is 0 Å². The Bertz CT molecular complexity index is 361. The molecule has 1 aliphatic rings. The average molecular weight is 226 g/mol. The fraction of sp³-hybridized carbons (Fsp3) is 0.545. The molecule has 1 saturated carbocycles. The molecule has 0 bridgehead atoms. The lowest BCUT2D eigenvalue weighted by molar-refractivity contribution is 0.521. The van der Waals surface area contributed by atoms with Gasteiger partial charge in [-0.3, -0.25) is 0 Å². The van der Waals surface area contributed by atoms with E-state index in [1.165, 1.54) is 19.3 Å². The second kappa shape index (κ2) is 3.89. The van der Waals surface area contributed by atoms with E-state index in [9.17, 15) is 0 Å². The van der Waals surface area contributed by atoms with Gasteiger partial charge in [-0.05, 0) is 30.7 Å². The lowest BCUT2D eigenvalue weighted by atomic mass is 10.0. The van der Waals surface area contributed by atoms with E-state index >= 15 is 0 Å². The van der Waals surface area contributed by atoms with E-state index in [2.05, 4.69) is 17.2 Å². The molecule has 3 N–H and O–H groups in total. The molecule has 0 atom stereocenters. The number of nitrogens with one attached hydrogen (secondary N) is 1. The van der Waals surface area contributed by atoms with Crippen LogP contribution in [0.4, 0.5) is 11.5 Å². The molecular weight excluding hydrogens is 210 g/mol. The summed E-state index contributed by atoms with van der Waals surface area (Å²) in [5, 5.41) is 3.89. The van der Waals surface area contributed by atoms with Gasteiger partial charge in [-0.25, -0.2) is 4.98 Å². The number of pyridine rings is 1. The Morgan fingerprint density at radius 2 is 2.33 bits per heavy atom. The summed E-state index contributed by atoms with van der Waals surface area (Å²) in [4.78, 5) is 4.17. The van der Waals surface area contributed by atoms with Gasteiger partial charge in [0.2, 0.25) is 0 Å². The summed E-state index contributed by atoms with van der Waals surface area (Å²) in [5.41, 5.74) is 6.66. The average Bonchev–Trinajstić information content (AvgIpc) is 2.97. The highest BCUT2D eigenvalue weighted by Gasteiger charge is 2.40. The molecule has 0 aromatic carbocycles. The van der Waals surface area contributed by atoms with E-state index in [0.717, 1.165) is 12.4 Å². The number of nitrogen functional groups attached to an aromatic ring is 1. The SMILES string of the molecule is CCC1(CNc2ncc(N)cc2Cl)CC1. The van der Waals surface area contributed by atoms with Crippen molar-refractivity contribution in [3.63, 3.8) is 0 Å². The Balaban J connectivity index is 1.99. The predicted molar refractivity (Wildman–Crippen MR) is 64.1 cm³/mol. The third-order valence-corrected chi connectivity index (χ3v) is 3.49. The van der Waals surface area contributed by atoms with E-state index in [1.807, 2.05) is 0 Å². The molecule has 0 radical (unpaired) electrons. The molecule has 0 spiro atoms. The van der Waals surface area contributed by atoms with Gasteiger partial charge >= 0.3 is 0 Å². The molecule has 15 heavy (non-hydrogen) atoms. The van der Waals surface area contributed by atoms with Crippen LogP contribution in [-0.4, -0.2) is 11.5 Å². The first-order chi connectivity index (χ1) is 7.15. The Kier molecular flexibility index (Phi) is 2.74. The van der Waals surface area contributed by atoms with E-state index in [-0.39, 0.29) is 0 Å². The minimum Gasteiger partial charge on any atom is -0.397 e. The molecule has 1 heterocycles. The van der Waals surface area contributed by atoms with Crippen LogP contribution in [0.2, 0.25) is 5.02 Å². The van der Waals surface area contributed by atoms with Crippen molar-refractivity contribution in [3.8, 4) is 0 Å². The molecule has 0 saturated heterocycles. The van der Waals surface area contributed by atoms with Crippen molar-refractivity contribution in [2.75, 3.05) is 17.6 Å². The highest BCUT2D eigenvalue weighted by Crippen LogP contribution is 2.48. The molecule has 4 heteroatoms. The number of rotatable bonds is 4. The molecule has 0 aliphatic heterocycles. The van der Waals surface area contributed by atoms with Gasteiger partial charge in [-0.1, -0.05) is 18.5 Å². The first kappa shape index (κ1) is 10.6. The maximum absolute atomic E-state index is 6.02. The van der Waals surface area contributed by atoms with Gasteiger partial charge in [0.05, 0.1) is 16.9 Å². The molecule has 1 aromatic heterocycles. The third-order valence-electron chi connectivity index (χ3n) is 3.20. The van der Waals surface area contributed by atoms with Gasteiger partial charge < -0.3 is 11.1 Å². The van der Waals surface area contributed by atoms with Crippen molar-refractivity contribution in [3.05, 3.63) is 17.3 Å². The van der Waals surface area contributed by atoms with Crippen molar-refractivity contribution in [2.24, 2.45) is 5.41 Å². The number of anilines is 2. The minimum absolute atomic E-state index is 0.492. The van der Waals surface area contributed by atoms with E-state index < -0.39 is 0 Å². The van der Waals surface area contributed by atoms with Gasteiger partial charge in [0.1, 0.15) is 5.82 Å². The van der Waals surface area contributed by atoms with Crippen LogP contribution in [0.3, 0.4) is 0 Å². The molecule has 1 aliphatic carbocycles. The van der Waals surface area contributed by atoms with E-state index in [1.54, 1.807) is 12.3 Å². The monoisotopic (exact) mass is 225 g/mol. The summed E-state index contributed by atoms with van der Waals surface area (Å²) < 4.78 is 0. The predicted octanol–water partition coefficient (Wildman–Crippen LogP) is 2.92. The van der Waals surface area contributed by atoms with Crippen LogP contribution in [0, 0.1) is 5.41 Å². The van der Waals surface area contributed by atoms with Gasteiger partial charge in [-0.2, -0.15) is 0 Å². The highest BCUT2D eigenvalue weighted by atomic mass is 35.5. The van der Waals surface area contributed by atoms with Crippen LogP contribution in [0.1, 0.15) is 26.2 Å². The van der Waals surface area contributed by atoms with Crippen LogP contribution in [0.5, 0.6) is 0 Å². The van der Waals surface area contributed by atoms with Crippen LogP contribution in [0.25, 0.3) is 0 Å². The summed E-state index contributed by atoms with van der Waals surface area (Å²) in [6, 6.07) is 1.72. The molecule has 2 rings (SSSR count). The number of nitrogens with zero attached hydrogens (tertiary/aromatic N) is 1. The summed E-state index contributed by atoms with van der Waals surface area (Å²) in [6.45, 7) is 3.19. The van der Waals surface area contributed by atoms with E-state index in [4.69, 9.17) is 17.3 Å². The smallest absolute Gasteiger partial charge is 0.144 e. The molecule has 1 fully saturated rings. The van der Waals surface area contributed by atoms with Crippen molar-refractivity contribution >= 4 is 23.1 Å². The third kappa shape index (κ3) is 2.34. The standard InChI is InChI=1S/C11H16ClN3/c1-2-11(3-4-11)7-15-10-9(12)5-8(13)6-14-10/h5-6H,2-4,7,13H2,1H3,(H,14,15). The fourth-order valence-electron chi connectivity index (χ4n) is 1.69. The van der Waals surface area contributed by atoms with E-state index in [0.29, 0.717) is 16.1 Å². The van der Waals surface area contributed by atoms with Crippen molar-refractivity contribution < 1.29 is 0 Å². The zero-order chi connectivity index (χ0) is 10.9. The molecule has 0 unspecified atom stereocenters. The van der Waals surface area contributed by atoms with Crippen LogP contribution in [-0.2, 0) is 0 Å². The normalized spacial score (nSPS) is 17.5. The topological polar surface area (TPSA) is 50.9 Å². The Hall–Kier alpha value is -0.960. The van der Waals surface area contributed by atoms with Gasteiger partial charge in [-0.15, -0.1) is 0 Å². The Labute approximate surface area is 95.0 Å². The first-order valence-corrected chi connectivity index (χ1v) is 5.68. The number of hydrogen-bond donors (Lipinski definition) is 2. The Morgan fingerprint density at radius 1 is 1.60 bits per heavy atom. The van der Waals surface area contributed by atoms with Crippen LogP contribution < -0.4 is 11.1 Å². The lowest BCUT2D eigenvalue weighted by Crippen LogP contribution is -2.15. The maximum Gasteiger partial charge on any atom is 0.144 e. The van der Waals surface area contributed by atoms with Gasteiger partial charge in [0.25, 0.3) is 0 Å². The highest BCUT2D eigenvalue weighted by molar-refractivity contribution is 6.33. The number of halogens is 1. The molecule has 0 amide bonds. The Morgan fingerprint density at radius 3 is 2.87 bits per heavy atom.